The minimum Gasteiger partial charge on any atom is -0.0842 e. The highest BCUT2D eigenvalue weighted by Gasteiger charge is 2.20. The monoisotopic (exact) mass is 262 g/mol. The summed E-state index contributed by atoms with van der Waals surface area (Å²) >= 11 is 0. The SMILES string of the molecule is C1=CCCC([SiH](c2ccccc2)c2ccccc2)=C1. The van der Waals surface area contributed by atoms with Gasteiger partial charge >= 0.3 is 0 Å². The number of rotatable bonds is 3. The van der Waals surface area contributed by atoms with E-state index in [1.54, 1.807) is 5.20 Å². The lowest BCUT2D eigenvalue weighted by molar-refractivity contribution is 1.01. The summed E-state index contributed by atoms with van der Waals surface area (Å²) in [5, 5.41) is 4.70. The fourth-order valence-corrected chi connectivity index (χ4v) is 5.99. The molecule has 3 rings (SSSR count). The van der Waals surface area contributed by atoms with Gasteiger partial charge in [0.2, 0.25) is 0 Å². The molecule has 0 fully saturated rings. The van der Waals surface area contributed by atoms with Crippen molar-refractivity contribution in [3.63, 3.8) is 0 Å². The minimum absolute atomic E-state index is 1.19. The second kappa shape index (κ2) is 5.85. The quantitative estimate of drug-likeness (QED) is 0.746. The second-order valence-electron chi connectivity index (χ2n) is 4.96. The van der Waals surface area contributed by atoms with Gasteiger partial charge in [-0.2, -0.15) is 0 Å². The van der Waals surface area contributed by atoms with Crippen LogP contribution in [-0.2, 0) is 0 Å². The van der Waals surface area contributed by atoms with Gasteiger partial charge in [-0.25, -0.2) is 0 Å². The Labute approximate surface area is 116 Å². The molecule has 0 N–H and O–H groups in total. The van der Waals surface area contributed by atoms with Crippen molar-refractivity contribution in [2.45, 2.75) is 12.8 Å². The molecule has 0 heterocycles. The molecule has 19 heavy (non-hydrogen) atoms. The van der Waals surface area contributed by atoms with Gasteiger partial charge in [0.1, 0.15) is 8.80 Å². The Morgan fingerprint density at radius 1 is 0.737 bits per heavy atom. The van der Waals surface area contributed by atoms with Crippen LogP contribution in [0.5, 0.6) is 0 Å². The van der Waals surface area contributed by atoms with Crippen LogP contribution in [0.2, 0.25) is 0 Å². The van der Waals surface area contributed by atoms with Crippen molar-refractivity contribution >= 4 is 19.2 Å². The molecule has 1 aliphatic carbocycles. The van der Waals surface area contributed by atoms with Crippen LogP contribution in [-0.4, -0.2) is 8.80 Å². The Balaban J connectivity index is 2.06. The average molecular weight is 262 g/mol. The lowest BCUT2D eigenvalue weighted by Gasteiger charge is -2.21. The summed E-state index contributed by atoms with van der Waals surface area (Å²) in [5.41, 5.74) is 0. The molecule has 0 atom stereocenters. The van der Waals surface area contributed by atoms with Gasteiger partial charge in [-0.1, -0.05) is 94.5 Å². The third-order valence-corrected chi connectivity index (χ3v) is 7.01. The maximum absolute atomic E-state index is 2.35. The van der Waals surface area contributed by atoms with Crippen molar-refractivity contribution in [2.75, 3.05) is 0 Å². The standard InChI is InChI=1S/C18H18Si/c1-4-10-16(11-5-1)19(17-12-6-2-7-13-17)18-14-8-3-9-15-18/h1-8,10-14,19H,9,15H2. The summed E-state index contributed by atoms with van der Waals surface area (Å²) in [6, 6.07) is 22.0. The van der Waals surface area contributed by atoms with Gasteiger partial charge in [0.05, 0.1) is 0 Å². The third-order valence-electron chi connectivity index (χ3n) is 3.68. The van der Waals surface area contributed by atoms with Crippen LogP contribution < -0.4 is 10.4 Å². The average Bonchev–Trinajstić information content (AvgIpc) is 2.51. The molecule has 0 saturated heterocycles. The van der Waals surface area contributed by atoms with Crippen LogP contribution in [0.25, 0.3) is 0 Å². The van der Waals surface area contributed by atoms with Gasteiger partial charge in [0.15, 0.2) is 0 Å². The summed E-state index contributed by atoms with van der Waals surface area (Å²) in [6.45, 7) is 0. The number of hydrogen-bond donors (Lipinski definition) is 0. The lowest BCUT2D eigenvalue weighted by atomic mass is 10.2. The van der Waals surface area contributed by atoms with E-state index in [4.69, 9.17) is 0 Å². The molecule has 2 aromatic rings. The summed E-state index contributed by atoms with van der Waals surface area (Å²) in [5.74, 6) is 0. The first kappa shape index (κ1) is 12.2. The van der Waals surface area contributed by atoms with Crippen LogP contribution >= 0.6 is 0 Å². The predicted molar refractivity (Wildman–Crippen MR) is 85.8 cm³/mol. The van der Waals surface area contributed by atoms with Crippen molar-refractivity contribution < 1.29 is 0 Å². The normalized spacial score (nSPS) is 14.5. The van der Waals surface area contributed by atoms with Gasteiger partial charge in [0, 0.05) is 0 Å². The molecule has 94 valence electrons. The molecular weight excluding hydrogens is 244 g/mol. The van der Waals surface area contributed by atoms with Crippen molar-refractivity contribution in [3.8, 4) is 0 Å². The molecular formula is C18H18Si. The number of hydrogen-bond acceptors (Lipinski definition) is 0. The van der Waals surface area contributed by atoms with Crippen LogP contribution in [0.3, 0.4) is 0 Å². The first-order valence-electron chi connectivity index (χ1n) is 6.90. The largest absolute Gasteiger partial charge is 0.128 e. The molecule has 1 aliphatic rings. The molecule has 0 radical (unpaired) electrons. The van der Waals surface area contributed by atoms with Gasteiger partial charge in [0.25, 0.3) is 0 Å². The number of allylic oxidation sites excluding steroid dienone is 4. The van der Waals surface area contributed by atoms with E-state index in [0.29, 0.717) is 0 Å². The highest BCUT2D eigenvalue weighted by atomic mass is 28.3. The van der Waals surface area contributed by atoms with Crippen molar-refractivity contribution in [1.29, 1.82) is 0 Å². The molecule has 0 spiro atoms. The van der Waals surface area contributed by atoms with Crippen LogP contribution in [0.4, 0.5) is 0 Å². The molecule has 1 heteroatoms. The second-order valence-corrected chi connectivity index (χ2v) is 7.90. The van der Waals surface area contributed by atoms with E-state index in [1.807, 2.05) is 0 Å². The van der Waals surface area contributed by atoms with E-state index >= 15 is 0 Å². The first-order chi connectivity index (χ1) is 9.45. The molecule has 0 amide bonds. The topological polar surface area (TPSA) is 0 Å². The van der Waals surface area contributed by atoms with Gasteiger partial charge in [-0.05, 0) is 12.8 Å². The predicted octanol–water partition coefficient (Wildman–Crippen LogP) is 2.84. The molecule has 0 aliphatic heterocycles. The van der Waals surface area contributed by atoms with Gasteiger partial charge < -0.3 is 0 Å². The lowest BCUT2D eigenvalue weighted by Crippen LogP contribution is -2.44. The summed E-state index contributed by atoms with van der Waals surface area (Å²) in [4.78, 5) is 0. The van der Waals surface area contributed by atoms with E-state index in [2.05, 4.69) is 78.9 Å². The zero-order chi connectivity index (χ0) is 12.9. The molecule has 2 aromatic carbocycles. The van der Waals surface area contributed by atoms with Crippen LogP contribution in [0.15, 0.2) is 84.1 Å². The summed E-state index contributed by atoms with van der Waals surface area (Å²) in [6.07, 6.45) is 9.25. The van der Waals surface area contributed by atoms with E-state index in [0.717, 1.165) is 0 Å². The van der Waals surface area contributed by atoms with E-state index in [9.17, 15) is 0 Å². The molecule has 0 nitrogen and oxygen atoms in total. The van der Waals surface area contributed by atoms with E-state index < -0.39 is 8.80 Å². The fourth-order valence-electron chi connectivity index (χ4n) is 2.77. The molecule has 0 unspecified atom stereocenters. The maximum atomic E-state index is 2.35. The third kappa shape index (κ3) is 2.77. The Kier molecular flexibility index (Phi) is 3.75. The zero-order valence-electron chi connectivity index (χ0n) is 11.0. The molecule has 0 bridgehead atoms. The minimum atomic E-state index is -1.22. The van der Waals surface area contributed by atoms with E-state index in [1.165, 1.54) is 23.2 Å². The smallest absolute Gasteiger partial charge is 0.0842 e. The van der Waals surface area contributed by atoms with E-state index in [-0.39, 0.29) is 0 Å². The number of benzene rings is 2. The fraction of sp³-hybridized carbons (Fsp3) is 0.111. The Morgan fingerprint density at radius 3 is 1.79 bits per heavy atom. The zero-order valence-corrected chi connectivity index (χ0v) is 12.2. The summed E-state index contributed by atoms with van der Waals surface area (Å²) < 4.78 is 0. The van der Waals surface area contributed by atoms with Crippen LogP contribution in [0.1, 0.15) is 12.8 Å². The molecule has 0 saturated carbocycles. The van der Waals surface area contributed by atoms with Crippen molar-refractivity contribution in [2.24, 2.45) is 0 Å². The van der Waals surface area contributed by atoms with Crippen LogP contribution in [0, 0.1) is 0 Å². The van der Waals surface area contributed by atoms with Gasteiger partial charge in [-0.15, -0.1) is 0 Å². The Bertz CT molecular complexity index is 542. The summed E-state index contributed by atoms with van der Waals surface area (Å²) in [7, 11) is -1.22. The highest BCUT2D eigenvalue weighted by Crippen LogP contribution is 2.15. The van der Waals surface area contributed by atoms with Gasteiger partial charge in [-0.3, -0.25) is 0 Å². The Morgan fingerprint density at radius 2 is 1.32 bits per heavy atom. The van der Waals surface area contributed by atoms with Crippen molar-refractivity contribution in [1.82, 2.24) is 0 Å². The maximum Gasteiger partial charge on any atom is 0.128 e. The Hall–Kier alpha value is -1.86. The molecule has 0 aromatic heterocycles. The van der Waals surface area contributed by atoms with Crippen molar-refractivity contribution in [3.05, 3.63) is 84.1 Å². The first-order valence-corrected chi connectivity index (χ1v) is 8.64. The highest BCUT2D eigenvalue weighted by molar-refractivity contribution is 6.90.